The lowest BCUT2D eigenvalue weighted by Crippen LogP contribution is -2.28. The topological polar surface area (TPSA) is 68.5 Å². The van der Waals surface area contributed by atoms with Crippen molar-refractivity contribution in [2.24, 2.45) is 7.05 Å². The van der Waals surface area contributed by atoms with Gasteiger partial charge >= 0.3 is 12.1 Å². The van der Waals surface area contributed by atoms with Crippen LogP contribution in [0.2, 0.25) is 10.0 Å². The van der Waals surface area contributed by atoms with E-state index in [1.807, 2.05) is 0 Å². The van der Waals surface area contributed by atoms with E-state index in [0.717, 1.165) is 10.6 Å². The van der Waals surface area contributed by atoms with E-state index in [9.17, 15) is 22.8 Å². The molecule has 10 heteroatoms. The molecule has 0 spiro atoms. The lowest BCUT2D eigenvalue weighted by molar-refractivity contribution is -0.154. The van der Waals surface area contributed by atoms with Gasteiger partial charge in [0.05, 0.1) is 16.5 Å². The second kappa shape index (κ2) is 9.49. The number of carbonyl (C=O) groups is 1. The average molecular weight is 500 g/mol. The maximum atomic E-state index is 14.0. The highest BCUT2D eigenvalue weighted by Gasteiger charge is 2.45. The second-order valence-electron chi connectivity index (χ2n) is 7.46. The third-order valence-corrected chi connectivity index (χ3v) is 5.81. The van der Waals surface area contributed by atoms with Crippen molar-refractivity contribution in [2.75, 3.05) is 0 Å². The molecule has 2 atom stereocenters. The first-order valence-electron chi connectivity index (χ1n) is 9.62. The summed E-state index contributed by atoms with van der Waals surface area (Å²) in [5, 5.41) is 9.11. The van der Waals surface area contributed by atoms with E-state index in [2.05, 4.69) is 0 Å². The largest absolute Gasteiger partial charge is 0.478 e. The molecule has 0 unspecified atom stereocenters. The SMILES string of the molecule is C[C@H](c1ccc(Oc2ccc(C(=O)O)cc2Cl)cc1Cl)[C@@H](c1ccc(=O)n(C)c1)C(F)(F)F. The first-order chi connectivity index (χ1) is 15.4. The standard InChI is InChI=1S/C23H18Cl2F3NO4/c1-12(21(23(26,27)28)14-4-8-20(30)29(2)11-14)16-6-5-15(10-17(16)24)33-19-7-3-13(22(31)32)9-18(19)25/h3-12,21H,1-2H3,(H,31,32)/t12-,21+/m1/s1. The van der Waals surface area contributed by atoms with Crippen LogP contribution in [0, 0.1) is 0 Å². The fourth-order valence-corrected chi connectivity index (χ4v) is 4.09. The van der Waals surface area contributed by atoms with Gasteiger partial charge in [0, 0.05) is 24.3 Å². The molecule has 0 aliphatic heterocycles. The number of ether oxygens (including phenoxy) is 1. The van der Waals surface area contributed by atoms with Gasteiger partial charge in [0.1, 0.15) is 11.5 Å². The smallest absolute Gasteiger partial charge is 0.396 e. The highest BCUT2D eigenvalue weighted by Crippen LogP contribution is 2.46. The number of aryl methyl sites for hydroxylation is 1. The van der Waals surface area contributed by atoms with Gasteiger partial charge in [0.15, 0.2) is 0 Å². The van der Waals surface area contributed by atoms with E-state index < -0.39 is 29.5 Å². The number of carboxylic acid groups (broad SMARTS) is 1. The van der Waals surface area contributed by atoms with Crippen LogP contribution < -0.4 is 10.3 Å². The van der Waals surface area contributed by atoms with E-state index in [-0.39, 0.29) is 38.2 Å². The molecular weight excluding hydrogens is 482 g/mol. The molecule has 1 aromatic heterocycles. The number of rotatable bonds is 6. The van der Waals surface area contributed by atoms with Crippen molar-refractivity contribution >= 4 is 29.2 Å². The minimum absolute atomic E-state index is 0.0221. The molecule has 0 saturated heterocycles. The molecule has 0 radical (unpaired) electrons. The summed E-state index contributed by atoms with van der Waals surface area (Å²) in [5.41, 5.74) is -0.251. The van der Waals surface area contributed by atoms with Gasteiger partial charge in [0.25, 0.3) is 0 Å². The first kappa shape index (κ1) is 24.7. The Hall–Kier alpha value is -2.97. The van der Waals surface area contributed by atoms with Crippen LogP contribution in [0.5, 0.6) is 11.5 Å². The maximum absolute atomic E-state index is 14.0. The van der Waals surface area contributed by atoms with Crippen molar-refractivity contribution in [2.45, 2.75) is 24.9 Å². The van der Waals surface area contributed by atoms with Gasteiger partial charge in [-0.3, -0.25) is 4.79 Å². The molecule has 0 fully saturated rings. The van der Waals surface area contributed by atoms with Gasteiger partial charge < -0.3 is 14.4 Å². The van der Waals surface area contributed by atoms with Crippen LogP contribution in [0.4, 0.5) is 13.2 Å². The van der Waals surface area contributed by atoms with Gasteiger partial charge in [-0.2, -0.15) is 13.2 Å². The van der Waals surface area contributed by atoms with E-state index >= 15 is 0 Å². The molecule has 33 heavy (non-hydrogen) atoms. The van der Waals surface area contributed by atoms with Crippen molar-refractivity contribution in [1.82, 2.24) is 4.57 Å². The van der Waals surface area contributed by atoms with Crippen molar-refractivity contribution in [3.05, 3.63) is 91.8 Å². The fraction of sp³-hybridized carbons (Fsp3) is 0.217. The first-order valence-corrected chi connectivity index (χ1v) is 10.4. The van der Waals surface area contributed by atoms with Gasteiger partial charge in [-0.05, 0) is 47.4 Å². The second-order valence-corrected chi connectivity index (χ2v) is 8.27. The van der Waals surface area contributed by atoms with Crippen LogP contribution in [0.15, 0.2) is 59.5 Å². The number of hydrogen-bond acceptors (Lipinski definition) is 3. The van der Waals surface area contributed by atoms with Gasteiger partial charge in [0.2, 0.25) is 5.56 Å². The number of hydrogen-bond donors (Lipinski definition) is 1. The lowest BCUT2D eigenvalue weighted by atomic mass is 9.82. The Balaban J connectivity index is 1.92. The molecule has 0 bridgehead atoms. The molecule has 0 aliphatic carbocycles. The van der Waals surface area contributed by atoms with Gasteiger partial charge in [-0.1, -0.05) is 42.3 Å². The zero-order chi connectivity index (χ0) is 24.5. The number of carboxylic acids is 1. The summed E-state index contributed by atoms with van der Waals surface area (Å²) in [5.74, 6) is -3.74. The van der Waals surface area contributed by atoms with Crippen LogP contribution in [-0.2, 0) is 7.05 Å². The molecule has 3 rings (SSSR count). The quantitative estimate of drug-likeness (QED) is 0.413. The maximum Gasteiger partial charge on any atom is 0.396 e. The third-order valence-electron chi connectivity index (χ3n) is 5.19. The molecule has 174 valence electrons. The molecule has 1 heterocycles. The van der Waals surface area contributed by atoms with Gasteiger partial charge in [-0.25, -0.2) is 4.79 Å². The molecule has 5 nitrogen and oxygen atoms in total. The van der Waals surface area contributed by atoms with E-state index in [4.69, 9.17) is 33.0 Å². The van der Waals surface area contributed by atoms with Gasteiger partial charge in [-0.15, -0.1) is 0 Å². The summed E-state index contributed by atoms with van der Waals surface area (Å²) in [6, 6.07) is 10.4. The lowest BCUT2D eigenvalue weighted by Gasteiger charge is -2.28. The van der Waals surface area contributed by atoms with E-state index in [1.54, 1.807) is 0 Å². The van der Waals surface area contributed by atoms with E-state index in [0.29, 0.717) is 0 Å². The Bertz CT molecular complexity index is 1260. The molecular formula is C23H18Cl2F3NO4. The number of halogens is 5. The predicted molar refractivity (Wildman–Crippen MR) is 119 cm³/mol. The monoisotopic (exact) mass is 499 g/mol. The number of nitrogens with zero attached hydrogens (tertiary/aromatic N) is 1. The van der Waals surface area contributed by atoms with Crippen LogP contribution in [0.1, 0.15) is 40.2 Å². The van der Waals surface area contributed by atoms with Crippen LogP contribution in [0.3, 0.4) is 0 Å². The minimum atomic E-state index is -4.59. The van der Waals surface area contributed by atoms with Crippen molar-refractivity contribution in [1.29, 1.82) is 0 Å². The Morgan fingerprint density at radius 2 is 1.76 bits per heavy atom. The van der Waals surface area contributed by atoms with Crippen LogP contribution >= 0.6 is 23.2 Å². The highest BCUT2D eigenvalue weighted by molar-refractivity contribution is 6.32. The van der Waals surface area contributed by atoms with Crippen LogP contribution in [0.25, 0.3) is 0 Å². The fourth-order valence-electron chi connectivity index (χ4n) is 3.52. The molecule has 2 aromatic carbocycles. The molecule has 0 saturated carbocycles. The van der Waals surface area contributed by atoms with Crippen molar-refractivity contribution in [3.63, 3.8) is 0 Å². The predicted octanol–water partition coefficient (Wildman–Crippen LogP) is 6.63. The Morgan fingerprint density at radius 3 is 2.30 bits per heavy atom. The average Bonchev–Trinajstić information content (AvgIpc) is 2.71. The molecule has 3 aromatic rings. The number of benzene rings is 2. The van der Waals surface area contributed by atoms with Crippen LogP contribution in [-0.4, -0.2) is 21.8 Å². The number of aromatic carboxylic acids is 1. The zero-order valence-electron chi connectivity index (χ0n) is 17.4. The Morgan fingerprint density at radius 1 is 1.06 bits per heavy atom. The van der Waals surface area contributed by atoms with Crippen molar-refractivity contribution in [3.8, 4) is 11.5 Å². The highest BCUT2D eigenvalue weighted by atomic mass is 35.5. The molecule has 0 aliphatic rings. The summed E-state index contributed by atoms with van der Waals surface area (Å²) in [4.78, 5) is 22.6. The summed E-state index contributed by atoms with van der Waals surface area (Å²) in [6.07, 6.45) is -3.42. The summed E-state index contributed by atoms with van der Waals surface area (Å²) < 4.78 is 48.7. The van der Waals surface area contributed by atoms with Crippen molar-refractivity contribution < 1.29 is 27.8 Å². The summed E-state index contributed by atoms with van der Waals surface area (Å²) >= 11 is 12.4. The number of pyridine rings is 1. The summed E-state index contributed by atoms with van der Waals surface area (Å²) in [6.45, 7) is 1.41. The Labute approximate surface area is 196 Å². The number of aromatic nitrogens is 1. The minimum Gasteiger partial charge on any atom is -0.478 e. The summed E-state index contributed by atoms with van der Waals surface area (Å²) in [7, 11) is 1.39. The number of alkyl halides is 3. The molecule has 0 amide bonds. The van der Waals surface area contributed by atoms with E-state index in [1.165, 1.54) is 62.6 Å². The normalized spacial score (nSPS) is 13.4. The zero-order valence-corrected chi connectivity index (χ0v) is 18.9. The Kier molecular flexibility index (Phi) is 7.09. The molecule has 1 N–H and O–H groups in total. The third kappa shape index (κ3) is 5.51.